The Hall–Kier alpha value is -3.01. The highest BCUT2D eigenvalue weighted by Crippen LogP contribution is 2.31. The summed E-state index contributed by atoms with van der Waals surface area (Å²) in [5, 5.41) is 10.5. The van der Waals surface area contributed by atoms with E-state index in [-0.39, 0.29) is 0 Å². The third-order valence-corrected chi connectivity index (χ3v) is 3.90. The van der Waals surface area contributed by atoms with Gasteiger partial charge in [0.2, 0.25) is 0 Å². The van der Waals surface area contributed by atoms with Gasteiger partial charge in [0.25, 0.3) is 0 Å². The Balaban J connectivity index is 1.77. The highest BCUT2D eigenvalue weighted by atomic mass is 16.5. The van der Waals surface area contributed by atoms with E-state index in [0.717, 1.165) is 44.5 Å². The number of rotatable bonds is 2. The third kappa shape index (κ3) is 1.97. The number of fused-ring (bicyclic) bond motifs is 2. The number of hydrogen-bond acceptors (Lipinski definition) is 4. The molecular formula is C18H15N3O. The highest BCUT2D eigenvalue weighted by Gasteiger charge is 2.07. The predicted octanol–water partition coefficient (Wildman–Crippen LogP) is 4.62. The van der Waals surface area contributed by atoms with Crippen molar-refractivity contribution in [3.63, 3.8) is 0 Å². The van der Waals surface area contributed by atoms with E-state index in [1.807, 2.05) is 49.4 Å². The number of nitrogens with one attached hydrogen (secondary N) is 1. The van der Waals surface area contributed by atoms with Crippen molar-refractivity contribution >= 4 is 38.8 Å². The van der Waals surface area contributed by atoms with Crippen LogP contribution in [-0.2, 0) is 0 Å². The molecule has 108 valence electrons. The Kier molecular flexibility index (Phi) is 2.76. The van der Waals surface area contributed by atoms with E-state index in [1.165, 1.54) is 0 Å². The lowest BCUT2D eigenvalue weighted by Gasteiger charge is -2.11. The molecule has 0 radical (unpaired) electrons. The van der Waals surface area contributed by atoms with Crippen molar-refractivity contribution in [1.82, 2.24) is 5.16 Å². The van der Waals surface area contributed by atoms with Crippen molar-refractivity contribution in [1.29, 1.82) is 0 Å². The van der Waals surface area contributed by atoms with E-state index in [2.05, 4.69) is 22.6 Å². The van der Waals surface area contributed by atoms with Gasteiger partial charge in [-0.05, 0) is 30.5 Å². The van der Waals surface area contributed by atoms with Crippen LogP contribution in [0, 0.1) is 6.92 Å². The fourth-order valence-electron chi connectivity index (χ4n) is 2.70. The summed E-state index contributed by atoms with van der Waals surface area (Å²) in [5.41, 5.74) is 10.5. The van der Waals surface area contributed by atoms with Crippen LogP contribution in [0.3, 0.4) is 0 Å². The number of nitrogens with zero attached hydrogens (tertiary/aromatic N) is 1. The molecule has 0 aliphatic carbocycles. The van der Waals surface area contributed by atoms with Crippen LogP contribution < -0.4 is 11.1 Å². The number of hydrogen-bond donors (Lipinski definition) is 2. The maximum Gasteiger partial charge on any atom is 0.169 e. The van der Waals surface area contributed by atoms with Gasteiger partial charge in [-0.1, -0.05) is 35.5 Å². The standard InChI is InChI=1S/C18H15N3O/c1-11-14-8-7-13(10-17(14)22-21-11)20-16-9-6-12-4-2-3-5-15(12)18(16)19/h2-10,20H,19H2,1H3. The van der Waals surface area contributed by atoms with E-state index in [9.17, 15) is 0 Å². The van der Waals surface area contributed by atoms with Crippen molar-refractivity contribution in [3.05, 3.63) is 60.3 Å². The van der Waals surface area contributed by atoms with Crippen LogP contribution in [0.1, 0.15) is 5.69 Å². The van der Waals surface area contributed by atoms with Crippen molar-refractivity contribution in [2.75, 3.05) is 11.1 Å². The molecule has 4 aromatic rings. The Morgan fingerprint density at radius 2 is 1.86 bits per heavy atom. The average Bonchev–Trinajstić information content (AvgIpc) is 2.91. The number of aryl methyl sites for hydroxylation is 1. The number of anilines is 3. The summed E-state index contributed by atoms with van der Waals surface area (Å²) in [6.07, 6.45) is 0. The molecule has 4 rings (SSSR count). The lowest BCUT2D eigenvalue weighted by atomic mass is 10.1. The molecule has 0 unspecified atom stereocenters. The predicted molar refractivity (Wildman–Crippen MR) is 90.4 cm³/mol. The quantitative estimate of drug-likeness (QED) is 0.529. The monoisotopic (exact) mass is 289 g/mol. The van der Waals surface area contributed by atoms with Gasteiger partial charge in [0.15, 0.2) is 5.58 Å². The van der Waals surface area contributed by atoms with Crippen molar-refractivity contribution in [2.45, 2.75) is 6.92 Å². The molecule has 22 heavy (non-hydrogen) atoms. The zero-order valence-electron chi connectivity index (χ0n) is 12.1. The van der Waals surface area contributed by atoms with Crippen molar-refractivity contribution < 1.29 is 4.52 Å². The van der Waals surface area contributed by atoms with E-state index in [0.29, 0.717) is 0 Å². The number of benzene rings is 3. The van der Waals surface area contributed by atoms with Gasteiger partial charge in [0, 0.05) is 22.5 Å². The maximum absolute atomic E-state index is 6.29. The van der Waals surface area contributed by atoms with E-state index >= 15 is 0 Å². The van der Waals surface area contributed by atoms with E-state index < -0.39 is 0 Å². The van der Waals surface area contributed by atoms with Gasteiger partial charge < -0.3 is 15.6 Å². The minimum Gasteiger partial charge on any atom is -0.397 e. The Morgan fingerprint density at radius 1 is 1.00 bits per heavy atom. The second-order valence-electron chi connectivity index (χ2n) is 5.35. The molecule has 0 amide bonds. The first kappa shape index (κ1) is 12.7. The smallest absolute Gasteiger partial charge is 0.169 e. The minimum absolute atomic E-state index is 0.743. The molecule has 4 nitrogen and oxygen atoms in total. The maximum atomic E-state index is 6.29. The molecule has 0 fully saturated rings. The van der Waals surface area contributed by atoms with Gasteiger partial charge in [-0.15, -0.1) is 0 Å². The summed E-state index contributed by atoms with van der Waals surface area (Å²) in [5.74, 6) is 0. The van der Waals surface area contributed by atoms with Crippen LogP contribution in [0.2, 0.25) is 0 Å². The lowest BCUT2D eigenvalue weighted by Crippen LogP contribution is -1.97. The number of nitrogens with two attached hydrogens (primary N) is 1. The molecular weight excluding hydrogens is 274 g/mol. The third-order valence-electron chi connectivity index (χ3n) is 3.90. The molecule has 0 saturated carbocycles. The van der Waals surface area contributed by atoms with Gasteiger partial charge in [-0.2, -0.15) is 0 Å². The van der Waals surface area contributed by atoms with Crippen molar-refractivity contribution in [2.24, 2.45) is 0 Å². The molecule has 0 atom stereocenters. The van der Waals surface area contributed by atoms with Gasteiger partial charge in [0.05, 0.1) is 17.1 Å². The average molecular weight is 289 g/mol. The summed E-state index contributed by atoms with van der Waals surface area (Å²) < 4.78 is 5.31. The van der Waals surface area contributed by atoms with Gasteiger partial charge in [0.1, 0.15) is 0 Å². The van der Waals surface area contributed by atoms with E-state index in [1.54, 1.807) is 0 Å². The number of nitrogen functional groups attached to an aromatic ring is 1. The number of aromatic nitrogens is 1. The van der Waals surface area contributed by atoms with Crippen LogP contribution in [0.4, 0.5) is 17.1 Å². The molecule has 1 heterocycles. The fourth-order valence-corrected chi connectivity index (χ4v) is 2.70. The SMILES string of the molecule is Cc1noc2cc(Nc3ccc4ccccc4c3N)ccc12. The van der Waals surface area contributed by atoms with Crippen molar-refractivity contribution in [3.8, 4) is 0 Å². The first-order valence-electron chi connectivity index (χ1n) is 7.13. The normalized spacial score (nSPS) is 11.1. The molecule has 0 aliphatic rings. The van der Waals surface area contributed by atoms with Gasteiger partial charge in [-0.25, -0.2) is 0 Å². The second kappa shape index (κ2) is 4.77. The molecule has 3 aromatic carbocycles. The minimum atomic E-state index is 0.743. The second-order valence-corrected chi connectivity index (χ2v) is 5.35. The molecule has 0 spiro atoms. The zero-order valence-corrected chi connectivity index (χ0v) is 12.1. The first-order chi connectivity index (χ1) is 10.7. The zero-order chi connectivity index (χ0) is 15.1. The topological polar surface area (TPSA) is 64.1 Å². The molecule has 0 aliphatic heterocycles. The molecule has 1 aromatic heterocycles. The van der Waals surface area contributed by atoms with E-state index in [4.69, 9.17) is 10.3 Å². The van der Waals surface area contributed by atoms with Crippen LogP contribution in [0.5, 0.6) is 0 Å². The Labute approximate surface area is 127 Å². The van der Waals surface area contributed by atoms with Crippen LogP contribution in [0.15, 0.2) is 59.1 Å². The fraction of sp³-hybridized carbons (Fsp3) is 0.0556. The lowest BCUT2D eigenvalue weighted by molar-refractivity contribution is 0.450. The first-order valence-corrected chi connectivity index (χ1v) is 7.13. The molecule has 4 heteroatoms. The Morgan fingerprint density at radius 3 is 2.77 bits per heavy atom. The summed E-state index contributed by atoms with van der Waals surface area (Å²) in [6.45, 7) is 1.93. The van der Waals surface area contributed by atoms with Crippen LogP contribution in [-0.4, -0.2) is 5.16 Å². The summed E-state index contributed by atoms with van der Waals surface area (Å²) in [4.78, 5) is 0. The van der Waals surface area contributed by atoms with Gasteiger partial charge >= 0.3 is 0 Å². The molecule has 0 saturated heterocycles. The van der Waals surface area contributed by atoms with Gasteiger partial charge in [-0.3, -0.25) is 0 Å². The largest absolute Gasteiger partial charge is 0.397 e. The summed E-state index contributed by atoms with van der Waals surface area (Å²) >= 11 is 0. The summed E-state index contributed by atoms with van der Waals surface area (Å²) in [6, 6.07) is 18.1. The van der Waals surface area contributed by atoms with Crippen LogP contribution >= 0.6 is 0 Å². The molecule has 0 bridgehead atoms. The Bertz CT molecular complexity index is 988. The summed E-state index contributed by atoms with van der Waals surface area (Å²) in [7, 11) is 0. The highest BCUT2D eigenvalue weighted by molar-refractivity contribution is 6.00. The molecule has 3 N–H and O–H groups in total. The van der Waals surface area contributed by atoms with Crippen LogP contribution in [0.25, 0.3) is 21.7 Å².